The van der Waals surface area contributed by atoms with Crippen LogP contribution in [0.3, 0.4) is 0 Å². The van der Waals surface area contributed by atoms with Crippen molar-refractivity contribution in [3.63, 3.8) is 0 Å². The molecule has 0 N–H and O–H groups in total. The molecule has 0 saturated heterocycles. The summed E-state index contributed by atoms with van der Waals surface area (Å²) in [5, 5.41) is 13.6. The first-order valence-electron chi connectivity index (χ1n) is 17.7. The van der Waals surface area contributed by atoms with Crippen LogP contribution < -0.4 is 0 Å². The van der Waals surface area contributed by atoms with Gasteiger partial charge in [0.15, 0.2) is 17.3 Å². The average molecular weight is 794 g/mol. The topological polar surface area (TPSA) is 51.2 Å². The molecule has 0 aliphatic heterocycles. The van der Waals surface area contributed by atoms with E-state index >= 15 is 0 Å². The van der Waals surface area contributed by atoms with Crippen LogP contribution in [0.5, 0.6) is 0 Å². The van der Waals surface area contributed by atoms with Gasteiger partial charge in [0, 0.05) is 16.7 Å². The third kappa shape index (κ3) is 9.61. The van der Waals surface area contributed by atoms with Gasteiger partial charge in [-0.15, -0.1) is 0 Å². The number of hydrogen-bond acceptors (Lipinski definition) is 3. The molecule has 0 spiro atoms. The van der Waals surface area contributed by atoms with Gasteiger partial charge in [-0.25, -0.2) is 30.1 Å². The minimum absolute atomic E-state index is 0.111. The van der Waals surface area contributed by atoms with Gasteiger partial charge in [0.25, 0.3) is 0 Å². The highest BCUT2D eigenvalue weighted by Gasteiger charge is 2.11. The quantitative estimate of drug-likeness (QED) is 0.102. The van der Waals surface area contributed by atoms with Crippen molar-refractivity contribution in [3.05, 3.63) is 180 Å². The summed E-state index contributed by atoms with van der Waals surface area (Å²) in [6.07, 6.45) is 0. The van der Waals surface area contributed by atoms with Gasteiger partial charge >= 0.3 is 11.4 Å². The van der Waals surface area contributed by atoms with E-state index in [0.717, 1.165) is 54.4 Å². The van der Waals surface area contributed by atoms with Gasteiger partial charge in [-0.1, -0.05) is 127 Å². The Morgan fingerprint density at radius 1 is 0.364 bits per heavy atom. The number of halogens is 3. The Morgan fingerprint density at radius 3 is 1.24 bits per heavy atom. The molecule has 0 saturated carbocycles. The zero-order chi connectivity index (χ0) is 39.1. The van der Waals surface area contributed by atoms with E-state index in [9.17, 15) is 14.4 Å². The van der Waals surface area contributed by atoms with E-state index in [0.29, 0.717) is 0 Å². The molecule has 9 aromatic rings. The number of hydrogen-bond donors (Lipinski definition) is 0. The third-order valence-electron chi connectivity index (χ3n) is 9.36. The van der Waals surface area contributed by atoms with E-state index in [-0.39, 0.29) is 17.3 Å². The van der Waals surface area contributed by atoms with Crippen molar-refractivity contribution in [3.8, 4) is 0 Å². The number of benzene rings is 9. The van der Waals surface area contributed by atoms with Crippen molar-refractivity contribution in [2.75, 3.05) is 0 Å². The average Bonchev–Trinajstić information content (AvgIpc) is 3.18. The summed E-state index contributed by atoms with van der Waals surface area (Å²) < 4.78 is 0. The molecule has 0 aliphatic rings. The summed E-state index contributed by atoms with van der Waals surface area (Å²) in [4.78, 5) is 34.8. The number of carbonyl (C=O) groups excluding carboxylic acids is 3. The van der Waals surface area contributed by atoms with Crippen molar-refractivity contribution in [2.45, 2.75) is 20.8 Å². The summed E-state index contributed by atoms with van der Waals surface area (Å²) in [7, 11) is 14.8. The van der Waals surface area contributed by atoms with E-state index in [1.807, 2.05) is 109 Å². The predicted molar refractivity (Wildman–Crippen MR) is 238 cm³/mol. The van der Waals surface area contributed by atoms with Crippen LogP contribution in [-0.4, -0.2) is 28.7 Å². The second kappa shape index (κ2) is 18.1. The molecule has 9 aromatic carbocycles. The molecule has 0 atom stereocenters. The molecular formula is C48H36AlCl3O3. The molecule has 7 heteroatoms. The van der Waals surface area contributed by atoms with Crippen molar-refractivity contribution in [1.82, 2.24) is 0 Å². The Kier molecular flexibility index (Phi) is 13.0. The van der Waals surface area contributed by atoms with Gasteiger partial charge in [0.05, 0.1) is 0 Å². The highest BCUT2D eigenvalue weighted by Crippen LogP contribution is 2.29. The molecule has 0 amide bonds. The van der Waals surface area contributed by atoms with Crippen molar-refractivity contribution in [2.24, 2.45) is 0 Å². The highest BCUT2D eigenvalue weighted by atomic mass is 35.8. The molecule has 0 bridgehead atoms. The predicted octanol–water partition coefficient (Wildman–Crippen LogP) is 14.3. The number of fused-ring (bicyclic) bond motifs is 6. The zero-order valence-electron chi connectivity index (χ0n) is 30.5. The van der Waals surface area contributed by atoms with Crippen molar-refractivity contribution >= 4 is 124 Å². The first-order valence-corrected chi connectivity index (χ1v) is 22.9. The molecule has 0 fully saturated rings. The lowest BCUT2D eigenvalue weighted by Gasteiger charge is -2.08. The summed E-state index contributed by atoms with van der Waals surface area (Å²) in [5.74, 6) is 0.351. The fraction of sp³-hybridized carbons (Fsp3) is 0.0625. The third-order valence-corrected chi connectivity index (χ3v) is 9.36. The lowest BCUT2D eigenvalue weighted by Crippen LogP contribution is -1.95. The standard InChI is InChI=1S/3C16H12O.Al.3ClH/c1-11(17)16-14-8-4-2-6-12(14)10-13-7-3-5-9-15(13)16;1-11(17)15-8-4-7-14-9-12-5-2-3-6-13(12)10-16(14)15;1-11(17)12-6-7-15-9-13-4-2-3-5-14(13)10-16(15)8-12;;;;/h3*2-10H,1H3;;3*1H/q;;;+3;;;/p-3. The molecular weight excluding hydrogens is 758 g/mol. The van der Waals surface area contributed by atoms with Crippen LogP contribution in [0.25, 0.3) is 64.6 Å². The van der Waals surface area contributed by atoms with Gasteiger partial charge in [-0.2, -0.15) is 0 Å². The largest absolute Gasteiger partial charge is 0.643 e. The highest BCUT2D eigenvalue weighted by molar-refractivity contribution is 7.54. The van der Waals surface area contributed by atoms with Crippen molar-refractivity contribution < 1.29 is 14.4 Å². The van der Waals surface area contributed by atoms with E-state index in [1.165, 1.54) is 26.9 Å². The lowest BCUT2D eigenvalue weighted by atomic mass is 9.95. The first-order chi connectivity index (χ1) is 26.5. The number of ketones is 3. The van der Waals surface area contributed by atoms with Crippen LogP contribution in [0, 0.1) is 0 Å². The monoisotopic (exact) mass is 792 g/mol. The minimum Gasteiger partial charge on any atom is -0.295 e. The SMILES string of the molecule is CC(=O)c1c2ccccc2cc2ccccc12.CC(=O)c1ccc2cc3ccccc3cc2c1.CC(=O)c1cccc2cc3ccccc3cc12.[Cl][Al]([Cl])[Cl]. The van der Waals surface area contributed by atoms with Crippen molar-refractivity contribution in [1.29, 1.82) is 0 Å². The van der Waals surface area contributed by atoms with Crippen LogP contribution in [-0.2, 0) is 0 Å². The summed E-state index contributed by atoms with van der Waals surface area (Å²) in [6.45, 7) is 4.85. The second-order valence-electron chi connectivity index (χ2n) is 13.1. The summed E-state index contributed by atoms with van der Waals surface area (Å²) >= 11 is -1.72. The van der Waals surface area contributed by atoms with E-state index in [1.54, 1.807) is 20.8 Å². The molecule has 0 aliphatic carbocycles. The maximum Gasteiger partial charge on any atom is 0.643 e. The van der Waals surface area contributed by atoms with E-state index in [2.05, 4.69) is 54.6 Å². The normalized spacial score (nSPS) is 10.6. The van der Waals surface area contributed by atoms with Crippen LogP contribution in [0.1, 0.15) is 51.8 Å². The first kappa shape index (κ1) is 39.6. The molecule has 0 heterocycles. The molecule has 0 unspecified atom stereocenters. The van der Waals surface area contributed by atoms with Crippen LogP contribution in [0.4, 0.5) is 0 Å². The van der Waals surface area contributed by atoms with E-state index < -0.39 is 11.4 Å². The molecule has 3 nitrogen and oxygen atoms in total. The Hall–Kier alpha value is -5.05. The Balaban J connectivity index is 0.000000134. The van der Waals surface area contributed by atoms with Gasteiger partial charge in [0.2, 0.25) is 0 Å². The molecule has 0 radical (unpaired) electrons. The summed E-state index contributed by atoms with van der Waals surface area (Å²) in [6, 6.07) is 55.0. The summed E-state index contributed by atoms with van der Waals surface area (Å²) in [5.41, 5.74) is 2.40. The fourth-order valence-corrected chi connectivity index (χ4v) is 6.83. The van der Waals surface area contributed by atoms with Gasteiger partial charge in [0.1, 0.15) is 0 Å². The molecule has 0 aromatic heterocycles. The van der Waals surface area contributed by atoms with Gasteiger partial charge < -0.3 is 0 Å². The number of Topliss-reactive ketones (excluding diaryl/α,β-unsaturated/α-hetero) is 3. The Bertz CT molecular complexity index is 2770. The second-order valence-corrected chi connectivity index (χ2v) is 19.5. The van der Waals surface area contributed by atoms with Crippen LogP contribution in [0.2, 0.25) is 0 Å². The molecule has 55 heavy (non-hydrogen) atoms. The van der Waals surface area contributed by atoms with Gasteiger partial charge in [-0.3, -0.25) is 14.4 Å². The Labute approximate surface area is 337 Å². The van der Waals surface area contributed by atoms with Gasteiger partial charge in [-0.05, 0) is 122 Å². The maximum atomic E-state index is 11.9. The lowest BCUT2D eigenvalue weighted by molar-refractivity contribution is 0.101. The maximum absolute atomic E-state index is 11.9. The molecule has 270 valence electrons. The number of rotatable bonds is 3. The fourth-order valence-electron chi connectivity index (χ4n) is 6.83. The zero-order valence-corrected chi connectivity index (χ0v) is 33.9. The number of carbonyl (C=O) groups is 3. The van der Waals surface area contributed by atoms with Crippen LogP contribution >= 0.6 is 30.1 Å². The smallest absolute Gasteiger partial charge is 0.295 e. The molecule has 9 rings (SSSR count). The Morgan fingerprint density at radius 2 is 0.745 bits per heavy atom. The minimum atomic E-state index is -1.72. The van der Waals surface area contributed by atoms with Crippen LogP contribution in [0.15, 0.2) is 164 Å². The van der Waals surface area contributed by atoms with E-state index in [4.69, 9.17) is 30.1 Å².